The molecule has 0 radical (unpaired) electrons. The predicted molar refractivity (Wildman–Crippen MR) is 61.0 cm³/mol. The molecular weight excluding hydrogens is 226 g/mol. The Morgan fingerprint density at radius 2 is 1.76 bits per heavy atom. The van der Waals surface area contributed by atoms with E-state index >= 15 is 0 Å². The van der Waals surface area contributed by atoms with E-state index in [-0.39, 0.29) is 12.0 Å². The van der Waals surface area contributed by atoms with Gasteiger partial charge in [0.1, 0.15) is 0 Å². The average molecular weight is 242 g/mol. The van der Waals surface area contributed by atoms with Crippen molar-refractivity contribution in [1.82, 2.24) is 0 Å². The van der Waals surface area contributed by atoms with Crippen molar-refractivity contribution in [1.29, 1.82) is 0 Å². The Labute approximate surface area is 99.3 Å². The van der Waals surface area contributed by atoms with E-state index < -0.39 is 23.7 Å². The number of hydrogen-bond acceptors (Lipinski definition) is 1. The number of halogens is 2. The van der Waals surface area contributed by atoms with Gasteiger partial charge in [-0.25, -0.2) is 8.78 Å². The minimum atomic E-state index is -3.00. The van der Waals surface area contributed by atoms with Crippen LogP contribution >= 0.6 is 0 Å². The van der Waals surface area contributed by atoms with Gasteiger partial charge in [-0.05, 0) is 5.41 Å². The third-order valence-electron chi connectivity index (χ3n) is 2.53. The fraction of sp³-hybridized carbons (Fsp3) is 0.462. The monoisotopic (exact) mass is 242 g/mol. The maximum absolute atomic E-state index is 13.9. The van der Waals surface area contributed by atoms with Gasteiger partial charge < -0.3 is 5.11 Å². The summed E-state index contributed by atoms with van der Waals surface area (Å²) in [7, 11) is 0. The zero-order valence-corrected chi connectivity index (χ0v) is 9.91. The highest BCUT2D eigenvalue weighted by molar-refractivity contribution is 5.67. The molecule has 0 unspecified atom stereocenters. The maximum Gasteiger partial charge on any atom is 0.303 e. The van der Waals surface area contributed by atoms with Crippen molar-refractivity contribution < 1.29 is 18.7 Å². The summed E-state index contributed by atoms with van der Waals surface area (Å²) in [5.41, 5.74) is -1.01. The van der Waals surface area contributed by atoms with E-state index in [1.165, 1.54) is 26.0 Å². The summed E-state index contributed by atoms with van der Waals surface area (Å²) in [4.78, 5) is 10.6. The van der Waals surface area contributed by atoms with E-state index in [0.29, 0.717) is 0 Å². The Balaban J connectivity index is 2.83. The largest absolute Gasteiger partial charge is 0.481 e. The summed E-state index contributed by atoms with van der Waals surface area (Å²) < 4.78 is 27.8. The minimum Gasteiger partial charge on any atom is -0.481 e. The van der Waals surface area contributed by atoms with Crippen LogP contribution in [0.15, 0.2) is 30.3 Å². The molecule has 1 rings (SSSR count). The number of carboxylic acids is 1. The molecule has 0 atom stereocenters. The van der Waals surface area contributed by atoms with Crippen molar-refractivity contribution in [2.24, 2.45) is 5.41 Å². The minimum absolute atomic E-state index is 0.0709. The van der Waals surface area contributed by atoms with Gasteiger partial charge in [0.25, 0.3) is 5.92 Å². The number of carbonyl (C=O) groups is 1. The molecule has 0 aliphatic carbocycles. The highest BCUT2D eigenvalue weighted by atomic mass is 19.3. The number of benzene rings is 1. The number of hydrogen-bond donors (Lipinski definition) is 1. The van der Waals surface area contributed by atoms with Crippen LogP contribution in [0.1, 0.15) is 32.3 Å². The number of rotatable bonds is 5. The second kappa shape index (κ2) is 4.82. The summed E-state index contributed by atoms with van der Waals surface area (Å²) in [6, 6.07) is 7.48. The average Bonchev–Trinajstić information content (AvgIpc) is 2.15. The number of aliphatic carboxylic acids is 1. The van der Waals surface area contributed by atoms with Gasteiger partial charge in [0.15, 0.2) is 0 Å². The fourth-order valence-electron chi connectivity index (χ4n) is 1.86. The Kier molecular flexibility index (Phi) is 3.86. The van der Waals surface area contributed by atoms with Crippen LogP contribution in [0.5, 0.6) is 0 Å². The normalized spacial score (nSPS) is 12.5. The van der Waals surface area contributed by atoms with E-state index in [0.717, 1.165) is 0 Å². The third kappa shape index (κ3) is 4.13. The molecule has 94 valence electrons. The van der Waals surface area contributed by atoms with Crippen molar-refractivity contribution in [2.75, 3.05) is 0 Å². The maximum atomic E-state index is 13.9. The molecule has 0 amide bonds. The molecule has 1 aromatic rings. The summed E-state index contributed by atoms with van der Waals surface area (Å²) in [5, 5.41) is 8.67. The van der Waals surface area contributed by atoms with Gasteiger partial charge in [0.2, 0.25) is 0 Å². The summed E-state index contributed by atoms with van der Waals surface area (Å²) in [6.45, 7) is 3.08. The smallest absolute Gasteiger partial charge is 0.303 e. The molecule has 0 saturated carbocycles. The van der Waals surface area contributed by atoms with Crippen LogP contribution in [0, 0.1) is 5.41 Å². The molecule has 0 aliphatic rings. The van der Waals surface area contributed by atoms with Gasteiger partial charge in [-0.3, -0.25) is 4.79 Å². The van der Waals surface area contributed by atoms with E-state index in [4.69, 9.17) is 5.11 Å². The molecule has 0 spiro atoms. The van der Waals surface area contributed by atoms with E-state index in [1.807, 2.05) is 0 Å². The molecule has 1 aromatic carbocycles. The summed E-state index contributed by atoms with van der Waals surface area (Å²) in [6.07, 6.45) is -0.744. The SMILES string of the molecule is CC(C)(CC(=O)O)CC(F)(F)c1ccccc1. The molecule has 17 heavy (non-hydrogen) atoms. The van der Waals surface area contributed by atoms with E-state index in [9.17, 15) is 13.6 Å². The van der Waals surface area contributed by atoms with Gasteiger partial charge in [-0.2, -0.15) is 0 Å². The van der Waals surface area contributed by atoms with E-state index in [2.05, 4.69) is 0 Å². The molecule has 0 aliphatic heterocycles. The first-order valence-corrected chi connectivity index (χ1v) is 5.38. The lowest BCUT2D eigenvalue weighted by Gasteiger charge is -2.28. The van der Waals surface area contributed by atoms with Gasteiger partial charge in [-0.15, -0.1) is 0 Å². The summed E-state index contributed by atoms with van der Waals surface area (Å²) in [5.74, 6) is -4.06. The van der Waals surface area contributed by atoms with Crippen molar-refractivity contribution in [3.8, 4) is 0 Å². The Morgan fingerprint density at radius 1 is 1.24 bits per heavy atom. The lowest BCUT2D eigenvalue weighted by molar-refractivity contribution is -0.140. The highest BCUT2D eigenvalue weighted by Gasteiger charge is 2.39. The van der Waals surface area contributed by atoms with Crippen molar-refractivity contribution in [2.45, 2.75) is 32.6 Å². The van der Waals surface area contributed by atoms with Crippen molar-refractivity contribution in [3.05, 3.63) is 35.9 Å². The lowest BCUT2D eigenvalue weighted by atomic mass is 9.81. The van der Waals surface area contributed by atoms with Gasteiger partial charge >= 0.3 is 5.97 Å². The van der Waals surface area contributed by atoms with E-state index in [1.54, 1.807) is 18.2 Å². The highest BCUT2D eigenvalue weighted by Crippen LogP contribution is 2.41. The second-order valence-corrected chi connectivity index (χ2v) is 4.98. The van der Waals surface area contributed by atoms with Crippen molar-refractivity contribution in [3.63, 3.8) is 0 Å². The zero-order chi connectivity index (χ0) is 13.1. The summed E-state index contributed by atoms with van der Waals surface area (Å²) >= 11 is 0. The predicted octanol–water partition coefficient (Wildman–Crippen LogP) is 3.67. The second-order valence-electron chi connectivity index (χ2n) is 4.98. The van der Waals surface area contributed by atoms with Crippen LogP contribution in [-0.2, 0) is 10.7 Å². The number of carboxylic acid groups (broad SMARTS) is 1. The van der Waals surface area contributed by atoms with Crippen LogP contribution < -0.4 is 0 Å². The Hall–Kier alpha value is -1.45. The van der Waals surface area contributed by atoms with Gasteiger partial charge in [0, 0.05) is 12.0 Å². The zero-order valence-electron chi connectivity index (χ0n) is 9.91. The number of alkyl halides is 2. The molecule has 0 saturated heterocycles. The molecule has 0 bridgehead atoms. The first kappa shape index (κ1) is 13.6. The standard InChI is InChI=1S/C13H16F2O2/c1-12(2,8-11(16)17)9-13(14,15)10-6-4-3-5-7-10/h3-7H,8-9H2,1-2H3,(H,16,17). The molecular formula is C13H16F2O2. The van der Waals surface area contributed by atoms with Crippen LogP contribution in [0.3, 0.4) is 0 Å². The molecule has 2 nitrogen and oxygen atoms in total. The fourth-order valence-corrected chi connectivity index (χ4v) is 1.86. The molecule has 4 heteroatoms. The van der Waals surface area contributed by atoms with Gasteiger partial charge in [-0.1, -0.05) is 44.2 Å². The van der Waals surface area contributed by atoms with Crippen LogP contribution in [0.2, 0.25) is 0 Å². The van der Waals surface area contributed by atoms with Crippen molar-refractivity contribution >= 4 is 5.97 Å². The lowest BCUT2D eigenvalue weighted by Crippen LogP contribution is -2.26. The van der Waals surface area contributed by atoms with Gasteiger partial charge in [0.05, 0.1) is 6.42 Å². The van der Waals surface area contributed by atoms with Crippen LogP contribution in [0.4, 0.5) is 8.78 Å². The Morgan fingerprint density at radius 3 is 2.24 bits per heavy atom. The molecule has 1 N–H and O–H groups in total. The first-order valence-electron chi connectivity index (χ1n) is 5.38. The molecule has 0 fully saturated rings. The molecule has 0 aromatic heterocycles. The van der Waals surface area contributed by atoms with Crippen LogP contribution in [0.25, 0.3) is 0 Å². The topological polar surface area (TPSA) is 37.3 Å². The quantitative estimate of drug-likeness (QED) is 0.855. The Bertz CT molecular complexity index is 386. The molecule has 0 heterocycles. The first-order chi connectivity index (χ1) is 7.73. The third-order valence-corrected chi connectivity index (χ3v) is 2.53. The van der Waals surface area contributed by atoms with Crippen LogP contribution in [-0.4, -0.2) is 11.1 Å².